The van der Waals surface area contributed by atoms with E-state index in [2.05, 4.69) is 88.4 Å². The molecule has 158 valence electrons. The van der Waals surface area contributed by atoms with Crippen molar-refractivity contribution < 1.29 is 14.0 Å². The van der Waals surface area contributed by atoms with E-state index in [0.29, 0.717) is 12.5 Å². The number of hydrogen-bond donors (Lipinski definition) is 0. The van der Waals surface area contributed by atoms with Gasteiger partial charge in [0.15, 0.2) is 0 Å². The van der Waals surface area contributed by atoms with Crippen molar-refractivity contribution in [2.45, 2.75) is 58.9 Å². The van der Waals surface area contributed by atoms with Crippen molar-refractivity contribution in [2.24, 2.45) is 5.92 Å². The number of benzene rings is 2. The van der Waals surface area contributed by atoms with Gasteiger partial charge in [0.25, 0.3) is 8.32 Å². The molecule has 0 fully saturated rings. The zero-order valence-electron chi connectivity index (χ0n) is 18.6. The molecule has 0 unspecified atom stereocenters. The Labute approximate surface area is 177 Å². The van der Waals surface area contributed by atoms with Crippen molar-refractivity contribution in [3.05, 3.63) is 60.7 Å². The molecule has 0 aromatic heterocycles. The minimum atomic E-state index is -2.43. The Kier molecular flexibility index (Phi) is 8.66. The van der Waals surface area contributed by atoms with Crippen LogP contribution >= 0.6 is 0 Å². The summed E-state index contributed by atoms with van der Waals surface area (Å²) in [5.74, 6) is 0.310. The molecule has 0 saturated heterocycles. The first-order chi connectivity index (χ1) is 13.8. The van der Waals surface area contributed by atoms with Gasteiger partial charge in [-0.3, -0.25) is 4.79 Å². The molecule has 0 aliphatic carbocycles. The standard InChI is InChI=1S/C25H36O3Si/c1-21(18-20-27-22(2)26)13-12-19-28-29(25(3,4)5,23-14-8-6-9-15-23)24-16-10-7-11-17-24/h6-11,14-17,21H,12-13,18-20H2,1-5H3/t21-/m0/s1. The summed E-state index contributed by atoms with van der Waals surface area (Å²) in [6.07, 6.45) is 2.98. The largest absolute Gasteiger partial charge is 0.466 e. The van der Waals surface area contributed by atoms with Crippen LogP contribution < -0.4 is 10.4 Å². The summed E-state index contributed by atoms with van der Waals surface area (Å²) in [6, 6.07) is 21.5. The fourth-order valence-corrected chi connectivity index (χ4v) is 8.57. The Bertz CT molecular complexity index is 698. The van der Waals surface area contributed by atoms with E-state index in [1.54, 1.807) is 0 Å². The zero-order chi connectivity index (χ0) is 21.3. The van der Waals surface area contributed by atoms with Crippen LogP contribution in [0.15, 0.2) is 60.7 Å². The molecule has 0 heterocycles. The van der Waals surface area contributed by atoms with Gasteiger partial charge in [-0.15, -0.1) is 0 Å². The molecule has 0 saturated carbocycles. The molecule has 0 aliphatic heterocycles. The molecule has 4 heteroatoms. The Balaban J connectivity index is 2.14. The van der Waals surface area contributed by atoms with Gasteiger partial charge in [0, 0.05) is 13.5 Å². The predicted octanol–water partition coefficient (Wildman–Crippen LogP) is 4.93. The van der Waals surface area contributed by atoms with Crippen LogP contribution in [-0.2, 0) is 14.0 Å². The topological polar surface area (TPSA) is 35.5 Å². The lowest BCUT2D eigenvalue weighted by Gasteiger charge is -2.43. The average molecular weight is 413 g/mol. The van der Waals surface area contributed by atoms with E-state index in [1.165, 1.54) is 17.3 Å². The molecule has 0 amide bonds. The molecular weight excluding hydrogens is 376 g/mol. The highest BCUT2D eigenvalue weighted by molar-refractivity contribution is 6.99. The minimum Gasteiger partial charge on any atom is -0.466 e. The maximum atomic E-state index is 10.9. The summed E-state index contributed by atoms with van der Waals surface area (Å²) in [7, 11) is -2.43. The summed E-state index contributed by atoms with van der Waals surface area (Å²) in [5, 5.41) is 2.65. The first kappa shape index (κ1) is 23.4. The van der Waals surface area contributed by atoms with Crippen LogP contribution in [0, 0.1) is 5.92 Å². The molecule has 2 aromatic carbocycles. The maximum absolute atomic E-state index is 10.9. The summed E-state index contributed by atoms with van der Waals surface area (Å²) >= 11 is 0. The Morgan fingerprint density at radius 2 is 1.41 bits per heavy atom. The molecule has 0 N–H and O–H groups in total. The molecule has 3 nitrogen and oxygen atoms in total. The first-order valence-corrected chi connectivity index (χ1v) is 12.6. The molecule has 0 spiro atoms. The quantitative estimate of drug-likeness (QED) is 0.315. The maximum Gasteiger partial charge on any atom is 0.302 e. The number of hydrogen-bond acceptors (Lipinski definition) is 3. The highest BCUT2D eigenvalue weighted by Crippen LogP contribution is 2.36. The van der Waals surface area contributed by atoms with Crippen LogP contribution in [0.25, 0.3) is 0 Å². The highest BCUT2D eigenvalue weighted by Gasteiger charge is 2.49. The summed E-state index contributed by atoms with van der Waals surface area (Å²) in [5.41, 5.74) is 0. The van der Waals surface area contributed by atoms with Crippen LogP contribution in [0.1, 0.15) is 53.9 Å². The van der Waals surface area contributed by atoms with Gasteiger partial charge in [-0.25, -0.2) is 0 Å². The van der Waals surface area contributed by atoms with Crippen LogP contribution in [0.3, 0.4) is 0 Å². The fraction of sp³-hybridized carbons (Fsp3) is 0.480. The van der Waals surface area contributed by atoms with E-state index in [0.717, 1.165) is 25.9 Å². The fourth-order valence-electron chi connectivity index (χ4n) is 3.97. The SMILES string of the molecule is CC(=O)OCC[C@@H](C)CCCO[Si](c1ccccc1)(c1ccccc1)C(C)(C)C. The molecule has 2 rings (SSSR count). The Hall–Kier alpha value is -1.91. The van der Waals surface area contributed by atoms with E-state index in [9.17, 15) is 4.79 Å². The van der Waals surface area contributed by atoms with Crippen molar-refractivity contribution in [3.63, 3.8) is 0 Å². The van der Waals surface area contributed by atoms with Crippen molar-refractivity contribution in [3.8, 4) is 0 Å². The van der Waals surface area contributed by atoms with Crippen molar-refractivity contribution in [1.82, 2.24) is 0 Å². The monoisotopic (exact) mass is 412 g/mol. The lowest BCUT2D eigenvalue weighted by atomic mass is 10.0. The number of esters is 1. The Morgan fingerprint density at radius 3 is 1.86 bits per heavy atom. The van der Waals surface area contributed by atoms with Gasteiger partial charge in [0.1, 0.15) is 0 Å². The number of rotatable bonds is 10. The lowest BCUT2D eigenvalue weighted by molar-refractivity contribution is -0.141. The second-order valence-corrected chi connectivity index (χ2v) is 13.2. The van der Waals surface area contributed by atoms with E-state index in [4.69, 9.17) is 9.16 Å². The number of ether oxygens (including phenoxy) is 1. The van der Waals surface area contributed by atoms with Crippen LogP contribution in [0.2, 0.25) is 5.04 Å². The van der Waals surface area contributed by atoms with Crippen LogP contribution in [0.5, 0.6) is 0 Å². The molecule has 0 aliphatic rings. The third-order valence-corrected chi connectivity index (χ3v) is 10.5. The second-order valence-electron chi connectivity index (χ2n) is 8.89. The van der Waals surface area contributed by atoms with Crippen LogP contribution in [-0.4, -0.2) is 27.5 Å². The van der Waals surface area contributed by atoms with Gasteiger partial charge < -0.3 is 9.16 Å². The summed E-state index contributed by atoms with van der Waals surface area (Å²) in [6.45, 7) is 11.8. The van der Waals surface area contributed by atoms with Gasteiger partial charge in [-0.1, -0.05) is 88.4 Å². The second kappa shape index (κ2) is 10.7. The third kappa shape index (κ3) is 6.28. The molecule has 29 heavy (non-hydrogen) atoms. The van der Waals surface area contributed by atoms with E-state index >= 15 is 0 Å². The molecule has 2 aromatic rings. The molecular formula is C25H36O3Si. The normalized spacial score (nSPS) is 13.1. The molecule has 0 radical (unpaired) electrons. The minimum absolute atomic E-state index is 0.0106. The van der Waals surface area contributed by atoms with E-state index < -0.39 is 8.32 Å². The van der Waals surface area contributed by atoms with Gasteiger partial charge >= 0.3 is 5.97 Å². The van der Waals surface area contributed by atoms with E-state index in [1.807, 2.05) is 0 Å². The number of carbonyl (C=O) groups excluding carboxylic acids is 1. The lowest BCUT2D eigenvalue weighted by Crippen LogP contribution is -2.66. The van der Waals surface area contributed by atoms with Crippen molar-refractivity contribution in [2.75, 3.05) is 13.2 Å². The van der Waals surface area contributed by atoms with Crippen LogP contribution in [0.4, 0.5) is 0 Å². The predicted molar refractivity (Wildman–Crippen MR) is 123 cm³/mol. The Morgan fingerprint density at radius 1 is 0.897 bits per heavy atom. The summed E-state index contributed by atoms with van der Waals surface area (Å²) in [4.78, 5) is 10.9. The van der Waals surface area contributed by atoms with Gasteiger partial charge in [-0.05, 0) is 40.6 Å². The van der Waals surface area contributed by atoms with Gasteiger partial charge in [0.05, 0.1) is 6.61 Å². The van der Waals surface area contributed by atoms with E-state index in [-0.39, 0.29) is 11.0 Å². The smallest absolute Gasteiger partial charge is 0.302 e. The number of carbonyl (C=O) groups is 1. The third-order valence-electron chi connectivity index (χ3n) is 5.49. The zero-order valence-corrected chi connectivity index (χ0v) is 19.6. The molecule has 1 atom stereocenters. The molecule has 0 bridgehead atoms. The van der Waals surface area contributed by atoms with Gasteiger partial charge in [0.2, 0.25) is 0 Å². The highest BCUT2D eigenvalue weighted by atomic mass is 28.4. The average Bonchev–Trinajstić information content (AvgIpc) is 2.68. The van der Waals surface area contributed by atoms with Gasteiger partial charge in [-0.2, -0.15) is 0 Å². The van der Waals surface area contributed by atoms with Crippen molar-refractivity contribution >= 4 is 24.7 Å². The van der Waals surface area contributed by atoms with Crippen molar-refractivity contribution in [1.29, 1.82) is 0 Å². The summed E-state index contributed by atoms with van der Waals surface area (Å²) < 4.78 is 12.0. The first-order valence-electron chi connectivity index (χ1n) is 10.7.